The molecule has 0 amide bonds. The largest absolute Gasteiger partial charge is 0.383 e. The van der Waals surface area contributed by atoms with Crippen molar-refractivity contribution in [1.29, 1.82) is 0 Å². The topological polar surface area (TPSA) is 3.24 Å². The standard InChI is InChI=1S/C12H13N/c1-13(2)9-11-8-7-10-5-3-4-6-12(10)11/h3-9H,1-2H3/b11-9-. The van der Waals surface area contributed by atoms with Crippen LogP contribution in [0.1, 0.15) is 11.1 Å². The lowest BCUT2D eigenvalue weighted by Gasteiger charge is -2.07. The van der Waals surface area contributed by atoms with E-state index in [4.69, 9.17) is 0 Å². The first kappa shape index (κ1) is 8.11. The third kappa shape index (κ3) is 1.50. The summed E-state index contributed by atoms with van der Waals surface area (Å²) in [6.07, 6.45) is 6.46. The third-order valence-corrected chi connectivity index (χ3v) is 2.11. The molecule has 0 unspecified atom stereocenters. The Labute approximate surface area is 79.0 Å². The monoisotopic (exact) mass is 171 g/mol. The van der Waals surface area contributed by atoms with E-state index in [2.05, 4.69) is 47.5 Å². The summed E-state index contributed by atoms with van der Waals surface area (Å²) >= 11 is 0. The van der Waals surface area contributed by atoms with Crippen molar-refractivity contribution >= 4 is 11.6 Å². The van der Waals surface area contributed by atoms with Gasteiger partial charge in [-0.25, -0.2) is 0 Å². The molecule has 2 rings (SSSR count). The Hall–Kier alpha value is -1.50. The van der Waals surface area contributed by atoms with Crippen molar-refractivity contribution < 1.29 is 0 Å². The minimum atomic E-state index is 1.29. The second-order valence-electron chi connectivity index (χ2n) is 3.47. The zero-order valence-electron chi connectivity index (χ0n) is 7.99. The number of benzene rings is 1. The highest BCUT2D eigenvalue weighted by Gasteiger charge is 2.08. The van der Waals surface area contributed by atoms with Crippen LogP contribution in [-0.2, 0) is 0 Å². The van der Waals surface area contributed by atoms with Crippen LogP contribution in [0.2, 0.25) is 0 Å². The molecule has 66 valence electrons. The quantitative estimate of drug-likeness (QED) is 0.627. The lowest BCUT2D eigenvalue weighted by Crippen LogP contribution is -2.01. The Bertz CT molecular complexity index is 372. The fourth-order valence-electron chi connectivity index (χ4n) is 1.57. The van der Waals surface area contributed by atoms with Gasteiger partial charge in [-0.15, -0.1) is 0 Å². The molecule has 0 bridgehead atoms. The van der Waals surface area contributed by atoms with E-state index in [0.29, 0.717) is 0 Å². The van der Waals surface area contributed by atoms with Crippen LogP contribution < -0.4 is 0 Å². The van der Waals surface area contributed by atoms with Crippen LogP contribution in [0.3, 0.4) is 0 Å². The summed E-state index contributed by atoms with van der Waals surface area (Å²) in [7, 11) is 4.09. The van der Waals surface area contributed by atoms with Crippen LogP contribution >= 0.6 is 0 Å². The molecule has 0 heterocycles. The number of hydrogen-bond acceptors (Lipinski definition) is 1. The smallest absolute Gasteiger partial charge is 0.00649 e. The van der Waals surface area contributed by atoms with Gasteiger partial charge in [-0.05, 0) is 16.7 Å². The first-order valence-corrected chi connectivity index (χ1v) is 4.43. The molecule has 1 aromatic rings. The van der Waals surface area contributed by atoms with E-state index in [1.165, 1.54) is 16.7 Å². The maximum Gasteiger partial charge on any atom is 0.00649 e. The molecule has 1 heteroatoms. The molecule has 0 aliphatic heterocycles. The first-order valence-electron chi connectivity index (χ1n) is 4.43. The number of nitrogens with zero attached hydrogens (tertiary/aromatic N) is 1. The number of fused-ring (bicyclic) bond motifs is 1. The predicted octanol–water partition coefficient (Wildman–Crippen LogP) is 2.62. The van der Waals surface area contributed by atoms with Crippen molar-refractivity contribution in [2.75, 3.05) is 14.1 Å². The van der Waals surface area contributed by atoms with Gasteiger partial charge in [0.1, 0.15) is 0 Å². The zero-order valence-corrected chi connectivity index (χ0v) is 7.99. The van der Waals surface area contributed by atoms with E-state index >= 15 is 0 Å². The van der Waals surface area contributed by atoms with Crippen molar-refractivity contribution in [3.8, 4) is 0 Å². The molecule has 13 heavy (non-hydrogen) atoms. The first-order chi connectivity index (χ1) is 6.27. The molecule has 0 aromatic heterocycles. The molecule has 1 aliphatic rings. The van der Waals surface area contributed by atoms with Gasteiger partial charge in [-0.3, -0.25) is 0 Å². The van der Waals surface area contributed by atoms with E-state index in [9.17, 15) is 0 Å². The van der Waals surface area contributed by atoms with E-state index in [-0.39, 0.29) is 0 Å². The highest BCUT2D eigenvalue weighted by atomic mass is 15.0. The van der Waals surface area contributed by atoms with Crippen molar-refractivity contribution in [2.45, 2.75) is 0 Å². The van der Waals surface area contributed by atoms with Gasteiger partial charge in [0.25, 0.3) is 0 Å². The predicted molar refractivity (Wildman–Crippen MR) is 57.1 cm³/mol. The van der Waals surface area contributed by atoms with Crippen LogP contribution in [-0.4, -0.2) is 19.0 Å². The van der Waals surface area contributed by atoms with Crippen molar-refractivity contribution in [3.63, 3.8) is 0 Å². The summed E-state index contributed by atoms with van der Waals surface area (Å²) < 4.78 is 0. The van der Waals surface area contributed by atoms with Crippen LogP contribution in [0.5, 0.6) is 0 Å². The summed E-state index contributed by atoms with van der Waals surface area (Å²) in [4.78, 5) is 2.07. The average Bonchev–Trinajstić information content (AvgIpc) is 2.48. The number of allylic oxidation sites excluding steroid dienone is 2. The Kier molecular flexibility index (Phi) is 1.93. The summed E-state index contributed by atoms with van der Waals surface area (Å²) in [5.41, 5.74) is 3.94. The normalized spacial score (nSPS) is 16.3. The minimum Gasteiger partial charge on any atom is -0.383 e. The molecule has 0 atom stereocenters. The summed E-state index contributed by atoms with van der Waals surface area (Å²) in [6.45, 7) is 0. The van der Waals surface area contributed by atoms with Crippen LogP contribution in [0.4, 0.5) is 0 Å². The van der Waals surface area contributed by atoms with Crippen molar-refractivity contribution in [3.05, 3.63) is 47.7 Å². The maximum absolute atomic E-state index is 2.16. The molecule has 1 nitrogen and oxygen atoms in total. The Morgan fingerprint density at radius 2 is 1.85 bits per heavy atom. The molecule has 1 aromatic carbocycles. The second-order valence-corrected chi connectivity index (χ2v) is 3.47. The van der Waals surface area contributed by atoms with Gasteiger partial charge in [-0.1, -0.05) is 36.4 Å². The molecule has 0 N–H and O–H groups in total. The van der Waals surface area contributed by atoms with Crippen LogP contribution in [0.15, 0.2) is 36.5 Å². The molecule has 0 radical (unpaired) electrons. The number of hydrogen-bond donors (Lipinski definition) is 0. The summed E-state index contributed by atoms with van der Waals surface area (Å²) in [5.74, 6) is 0. The molecule has 0 saturated heterocycles. The zero-order chi connectivity index (χ0) is 9.26. The van der Waals surface area contributed by atoms with Crippen LogP contribution in [0, 0.1) is 0 Å². The molecule has 0 fully saturated rings. The average molecular weight is 171 g/mol. The van der Waals surface area contributed by atoms with E-state index in [0.717, 1.165) is 0 Å². The maximum atomic E-state index is 2.16. The minimum absolute atomic E-state index is 1.29. The van der Waals surface area contributed by atoms with Gasteiger partial charge < -0.3 is 4.90 Å². The lowest BCUT2D eigenvalue weighted by atomic mass is 10.1. The van der Waals surface area contributed by atoms with Crippen LogP contribution in [0.25, 0.3) is 11.6 Å². The van der Waals surface area contributed by atoms with Gasteiger partial charge in [0.2, 0.25) is 0 Å². The molecular formula is C12H13N. The molecule has 0 spiro atoms. The molecule has 0 saturated carbocycles. The van der Waals surface area contributed by atoms with Gasteiger partial charge in [0, 0.05) is 20.3 Å². The number of rotatable bonds is 1. The van der Waals surface area contributed by atoms with Gasteiger partial charge in [0.05, 0.1) is 0 Å². The van der Waals surface area contributed by atoms with Crippen molar-refractivity contribution in [1.82, 2.24) is 4.90 Å². The fourth-order valence-corrected chi connectivity index (χ4v) is 1.57. The highest BCUT2D eigenvalue weighted by molar-refractivity contribution is 5.89. The van der Waals surface area contributed by atoms with Gasteiger partial charge in [0.15, 0.2) is 0 Å². The summed E-state index contributed by atoms with van der Waals surface area (Å²) in [6, 6.07) is 8.45. The van der Waals surface area contributed by atoms with E-state index < -0.39 is 0 Å². The summed E-state index contributed by atoms with van der Waals surface area (Å²) in [5, 5.41) is 0. The Morgan fingerprint density at radius 3 is 2.62 bits per heavy atom. The van der Waals surface area contributed by atoms with E-state index in [1.54, 1.807) is 0 Å². The Morgan fingerprint density at radius 1 is 1.08 bits per heavy atom. The van der Waals surface area contributed by atoms with Gasteiger partial charge >= 0.3 is 0 Å². The molecular weight excluding hydrogens is 158 g/mol. The third-order valence-electron chi connectivity index (χ3n) is 2.11. The van der Waals surface area contributed by atoms with E-state index in [1.807, 2.05) is 14.1 Å². The fraction of sp³-hybridized carbons (Fsp3) is 0.167. The molecule has 1 aliphatic carbocycles. The lowest BCUT2D eigenvalue weighted by molar-refractivity contribution is 0.566. The van der Waals surface area contributed by atoms with Crippen molar-refractivity contribution in [2.24, 2.45) is 0 Å². The second kappa shape index (κ2) is 3.09. The van der Waals surface area contributed by atoms with Gasteiger partial charge in [-0.2, -0.15) is 0 Å². The highest BCUT2D eigenvalue weighted by Crippen LogP contribution is 2.28. The Balaban J connectivity index is 2.44. The SMILES string of the molecule is CN(C)/C=C1/C=Cc2ccccc21.